The molecule has 0 unspecified atom stereocenters. The average molecular weight is 407 g/mol. The highest BCUT2D eigenvalue weighted by Crippen LogP contribution is 2.41. The number of hydrogen-bond acceptors (Lipinski definition) is 10. The molecule has 3 rings (SSSR count). The van der Waals surface area contributed by atoms with Gasteiger partial charge in [-0.05, 0) is 32.2 Å². The quantitative estimate of drug-likeness (QED) is 0.434. The number of aliphatic hydroxyl groups is 2. The van der Waals surface area contributed by atoms with Gasteiger partial charge in [-0.25, -0.2) is 14.3 Å². The van der Waals surface area contributed by atoms with Crippen LogP contribution in [-0.2, 0) is 19.8 Å². The second kappa shape index (κ2) is 8.31. The van der Waals surface area contributed by atoms with E-state index in [9.17, 15) is 15.0 Å². The molecule has 0 bridgehead atoms. The van der Waals surface area contributed by atoms with Crippen LogP contribution in [0.25, 0.3) is 5.52 Å². The van der Waals surface area contributed by atoms with Crippen molar-refractivity contribution in [3.8, 4) is 0 Å². The monoisotopic (exact) mass is 407 g/mol. The molecule has 5 atom stereocenters. The maximum atomic E-state index is 11.8. The summed E-state index contributed by atoms with van der Waals surface area (Å²) in [4.78, 5) is 19.6. The van der Waals surface area contributed by atoms with Crippen LogP contribution < -0.4 is 5.73 Å². The SMILES string of the molecule is C=NC[C@@]1(c2ccc3c(N)ncnn23)O[C@H](COC(=O)O[C@H](C)CC)[C@@H](O)[C@H]1O. The molecule has 4 N–H and O–H groups in total. The number of aromatic nitrogens is 3. The Hall–Kier alpha value is -2.76. The Bertz CT molecular complexity index is 889. The molecule has 1 saturated heterocycles. The van der Waals surface area contributed by atoms with Crippen molar-refractivity contribution in [3.63, 3.8) is 0 Å². The number of carbonyl (C=O) groups is 1. The summed E-state index contributed by atoms with van der Waals surface area (Å²) in [6.45, 7) is 6.70. The molecule has 2 aromatic heterocycles. The normalized spacial score (nSPS) is 27.7. The van der Waals surface area contributed by atoms with Crippen LogP contribution in [0.3, 0.4) is 0 Å². The number of hydrogen-bond donors (Lipinski definition) is 3. The molecular formula is C18H25N5O6. The highest BCUT2D eigenvalue weighted by atomic mass is 16.7. The third-order valence-electron chi connectivity index (χ3n) is 5.04. The summed E-state index contributed by atoms with van der Waals surface area (Å²) >= 11 is 0. The zero-order valence-corrected chi connectivity index (χ0v) is 16.3. The first-order chi connectivity index (χ1) is 13.8. The first kappa shape index (κ1) is 21.0. The number of nitrogens with two attached hydrogens (primary N) is 1. The molecule has 158 valence electrons. The molecule has 1 aliphatic heterocycles. The van der Waals surface area contributed by atoms with E-state index >= 15 is 0 Å². The second-order valence-corrected chi connectivity index (χ2v) is 6.92. The Labute approximate surface area is 167 Å². The van der Waals surface area contributed by atoms with Gasteiger partial charge in [0.1, 0.15) is 42.9 Å². The van der Waals surface area contributed by atoms with Crippen molar-refractivity contribution >= 4 is 24.2 Å². The van der Waals surface area contributed by atoms with Gasteiger partial charge in [0.05, 0.1) is 12.2 Å². The van der Waals surface area contributed by atoms with Gasteiger partial charge >= 0.3 is 6.16 Å². The smallest absolute Gasteiger partial charge is 0.431 e. The van der Waals surface area contributed by atoms with E-state index in [-0.39, 0.29) is 25.1 Å². The molecule has 1 fully saturated rings. The van der Waals surface area contributed by atoms with Gasteiger partial charge in [-0.2, -0.15) is 5.10 Å². The molecule has 0 aromatic carbocycles. The predicted octanol–water partition coefficient (Wildman–Crippen LogP) is 0.280. The number of ether oxygens (including phenoxy) is 3. The fourth-order valence-electron chi connectivity index (χ4n) is 3.32. The Morgan fingerprint density at radius 2 is 2.28 bits per heavy atom. The lowest BCUT2D eigenvalue weighted by molar-refractivity contribution is -0.0998. The Balaban J connectivity index is 1.86. The van der Waals surface area contributed by atoms with E-state index in [2.05, 4.69) is 21.8 Å². The van der Waals surface area contributed by atoms with Crippen molar-refractivity contribution in [2.75, 3.05) is 18.9 Å². The number of aliphatic hydroxyl groups excluding tert-OH is 2. The standard InChI is InChI=1S/C18H25N5O6/c1-4-10(2)28-17(26)27-7-12-14(24)15(25)18(29-12,8-20-3)13-6-5-11-16(19)21-9-22-23(11)13/h5-6,9-10,12,14-15,24-25H,3-4,7-8H2,1-2H3,(H2,19,21,22)/t10-,12-,14-,15-,18+/m1/s1. The van der Waals surface area contributed by atoms with E-state index < -0.39 is 30.1 Å². The van der Waals surface area contributed by atoms with Gasteiger partial charge in [-0.3, -0.25) is 4.99 Å². The summed E-state index contributed by atoms with van der Waals surface area (Å²) in [5.41, 5.74) is 5.32. The van der Waals surface area contributed by atoms with Gasteiger partial charge in [0.25, 0.3) is 0 Å². The van der Waals surface area contributed by atoms with Crippen molar-refractivity contribution in [2.24, 2.45) is 4.99 Å². The molecule has 29 heavy (non-hydrogen) atoms. The second-order valence-electron chi connectivity index (χ2n) is 6.92. The van der Waals surface area contributed by atoms with Crippen molar-refractivity contribution in [3.05, 3.63) is 24.2 Å². The van der Waals surface area contributed by atoms with Gasteiger partial charge in [-0.15, -0.1) is 0 Å². The minimum atomic E-state index is -1.47. The average Bonchev–Trinajstić information content (AvgIpc) is 3.23. The van der Waals surface area contributed by atoms with Crippen LogP contribution in [0.5, 0.6) is 0 Å². The van der Waals surface area contributed by atoms with Crippen LogP contribution in [0.15, 0.2) is 23.5 Å². The number of rotatable bonds is 7. The molecule has 1 aliphatic rings. The van der Waals surface area contributed by atoms with Gasteiger partial charge in [-0.1, -0.05) is 6.92 Å². The Morgan fingerprint density at radius 1 is 1.52 bits per heavy atom. The predicted molar refractivity (Wildman–Crippen MR) is 103 cm³/mol. The highest BCUT2D eigenvalue weighted by Gasteiger charge is 2.56. The molecule has 0 saturated carbocycles. The fourth-order valence-corrected chi connectivity index (χ4v) is 3.32. The summed E-state index contributed by atoms with van der Waals surface area (Å²) in [5, 5.41) is 25.5. The van der Waals surface area contributed by atoms with E-state index in [4.69, 9.17) is 19.9 Å². The number of fused-ring (bicyclic) bond motifs is 1. The third-order valence-corrected chi connectivity index (χ3v) is 5.04. The largest absolute Gasteiger partial charge is 0.508 e. The lowest BCUT2D eigenvalue weighted by Gasteiger charge is -2.30. The molecule has 3 heterocycles. The van der Waals surface area contributed by atoms with E-state index in [0.717, 1.165) is 0 Å². The third kappa shape index (κ3) is 3.76. The Morgan fingerprint density at radius 3 is 2.97 bits per heavy atom. The first-order valence-electron chi connectivity index (χ1n) is 9.22. The van der Waals surface area contributed by atoms with Crippen molar-refractivity contribution < 1.29 is 29.2 Å². The van der Waals surface area contributed by atoms with Crippen LogP contribution in [0.4, 0.5) is 10.6 Å². The molecule has 0 aliphatic carbocycles. The lowest BCUT2D eigenvalue weighted by Crippen LogP contribution is -2.44. The van der Waals surface area contributed by atoms with Crippen LogP contribution in [0.2, 0.25) is 0 Å². The number of aliphatic imine (C=N–C) groups is 1. The van der Waals surface area contributed by atoms with Gasteiger partial charge < -0.3 is 30.2 Å². The first-order valence-corrected chi connectivity index (χ1v) is 9.22. The molecule has 0 radical (unpaired) electrons. The van der Waals surface area contributed by atoms with Crippen LogP contribution in [-0.4, -0.2) is 75.3 Å². The van der Waals surface area contributed by atoms with Gasteiger partial charge in [0.15, 0.2) is 11.4 Å². The van der Waals surface area contributed by atoms with E-state index in [0.29, 0.717) is 17.6 Å². The van der Waals surface area contributed by atoms with E-state index in [1.54, 1.807) is 19.1 Å². The van der Waals surface area contributed by atoms with Gasteiger partial charge in [0.2, 0.25) is 0 Å². The zero-order chi connectivity index (χ0) is 21.2. The summed E-state index contributed by atoms with van der Waals surface area (Å²) < 4.78 is 17.6. The maximum Gasteiger partial charge on any atom is 0.508 e. The maximum absolute atomic E-state index is 11.8. The molecule has 0 amide bonds. The summed E-state index contributed by atoms with van der Waals surface area (Å²) in [6, 6.07) is 3.33. The van der Waals surface area contributed by atoms with Crippen LogP contribution in [0.1, 0.15) is 26.0 Å². The topological polar surface area (TPSA) is 154 Å². The summed E-state index contributed by atoms with van der Waals surface area (Å²) in [5.74, 6) is 0.244. The Kier molecular flexibility index (Phi) is 6.01. The number of anilines is 1. The summed E-state index contributed by atoms with van der Waals surface area (Å²) in [6.07, 6.45) is -3.03. The molecule has 0 spiro atoms. The number of nitrogens with zero attached hydrogens (tertiary/aromatic N) is 4. The molecule has 2 aromatic rings. The van der Waals surface area contributed by atoms with Crippen molar-refractivity contribution in [1.29, 1.82) is 0 Å². The fraction of sp³-hybridized carbons (Fsp3) is 0.556. The van der Waals surface area contributed by atoms with Crippen molar-refractivity contribution in [1.82, 2.24) is 14.6 Å². The zero-order valence-electron chi connectivity index (χ0n) is 16.3. The number of carbonyl (C=O) groups excluding carboxylic acids is 1. The van der Waals surface area contributed by atoms with E-state index in [1.165, 1.54) is 10.8 Å². The van der Waals surface area contributed by atoms with Gasteiger partial charge in [0, 0.05) is 0 Å². The molecule has 11 nitrogen and oxygen atoms in total. The van der Waals surface area contributed by atoms with Crippen LogP contribution in [0, 0.1) is 0 Å². The molecular weight excluding hydrogens is 382 g/mol. The van der Waals surface area contributed by atoms with Crippen molar-refractivity contribution in [2.45, 2.75) is 50.3 Å². The molecule has 11 heteroatoms. The van der Waals surface area contributed by atoms with Crippen LogP contribution >= 0.6 is 0 Å². The minimum absolute atomic E-state index is 0.0743. The lowest BCUT2D eigenvalue weighted by atomic mass is 9.91. The van der Waals surface area contributed by atoms with E-state index in [1.807, 2.05) is 6.92 Å². The number of nitrogen functional groups attached to an aromatic ring is 1. The summed E-state index contributed by atoms with van der Waals surface area (Å²) in [7, 11) is 0. The highest BCUT2D eigenvalue weighted by molar-refractivity contribution is 5.65. The minimum Gasteiger partial charge on any atom is -0.431 e.